The molecule has 0 aliphatic rings. The zero-order valence-electron chi connectivity index (χ0n) is 10.3. The average molecular weight is 256 g/mol. The summed E-state index contributed by atoms with van der Waals surface area (Å²) in [5.74, 6) is -0.148. The number of carboxylic acids is 1. The van der Waals surface area contributed by atoms with Gasteiger partial charge in [0.2, 0.25) is 0 Å². The highest BCUT2D eigenvalue weighted by molar-refractivity contribution is 6.03. The molecule has 0 fully saturated rings. The number of para-hydroxylation sites is 1. The Labute approximate surface area is 108 Å². The molecule has 3 aromatic rings. The van der Waals surface area contributed by atoms with Gasteiger partial charge in [-0.05, 0) is 6.07 Å². The van der Waals surface area contributed by atoms with Crippen molar-refractivity contribution in [2.24, 2.45) is 7.05 Å². The average Bonchev–Trinajstić information content (AvgIpc) is 2.96. The number of rotatable bonds is 3. The van der Waals surface area contributed by atoms with E-state index in [2.05, 4.69) is 10.2 Å². The highest BCUT2D eigenvalue weighted by atomic mass is 16.4. The van der Waals surface area contributed by atoms with Crippen LogP contribution in [0.25, 0.3) is 10.9 Å². The van der Waals surface area contributed by atoms with Crippen molar-refractivity contribution in [3.05, 3.63) is 48.2 Å². The molecule has 0 aliphatic heterocycles. The molecule has 6 heteroatoms. The molecule has 0 saturated heterocycles. The Balaban J connectivity index is 2.14. The van der Waals surface area contributed by atoms with Gasteiger partial charge in [0, 0.05) is 24.1 Å². The van der Waals surface area contributed by atoms with Crippen LogP contribution in [-0.4, -0.2) is 30.4 Å². The summed E-state index contributed by atoms with van der Waals surface area (Å²) in [6, 6.07) is 7.44. The zero-order valence-corrected chi connectivity index (χ0v) is 10.3. The van der Waals surface area contributed by atoms with E-state index in [1.165, 1.54) is 0 Å². The number of carboxylic acid groups (broad SMARTS) is 1. The molecule has 0 bridgehead atoms. The highest BCUT2D eigenvalue weighted by Gasteiger charge is 2.14. The van der Waals surface area contributed by atoms with Crippen LogP contribution in [0.1, 0.15) is 16.2 Å². The minimum Gasteiger partial charge on any atom is -0.478 e. The van der Waals surface area contributed by atoms with E-state index in [4.69, 9.17) is 0 Å². The number of aromatic nitrogens is 4. The van der Waals surface area contributed by atoms with Crippen LogP contribution in [0.15, 0.2) is 36.8 Å². The van der Waals surface area contributed by atoms with E-state index in [9.17, 15) is 9.90 Å². The number of carbonyl (C=O) groups is 1. The SMILES string of the molecule is Cn1cnnc1Cn1cc(C(=O)O)c2ccccc21. The van der Waals surface area contributed by atoms with Gasteiger partial charge in [-0.3, -0.25) is 0 Å². The van der Waals surface area contributed by atoms with Gasteiger partial charge < -0.3 is 14.2 Å². The lowest BCUT2D eigenvalue weighted by atomic mass is 10.2. The third-order valence-corrected chi connectivity index (χ3v) is 3.14. The third kappa shape index (κ3) is 1.87. The monoisotopic (exact) mass is 256 g/mol. The van der Waals surface area contributed by atoms with Crippen molar-refractivity contribution in [3.8, 4) is 0 Å². The smallest absolute Gasteiger partial charge is 0.337 e. The van der Waals surface area contributed by atoms with Crippen LogP contribution >= 0.6 is 0 Å². The second-order valence-electron chi connectivity index (χ2n) is 4.35. The summed E-state index contributed by atoms with van der Waals surface area (Å²) in [4.78, 5) is 11.3. The molecule has 19 heavy (non-hydrogen) atoms. The molecule has 0 radical (unpaired) electrons. The fraction of sp³-hybridized carbons (Fsp3) is 0.154. The van der Waals surface area contributed by atoms with E-state index in [1.807, 2.05) is 40.4 Å². The first-order valence-electron chi connectivity index (χ1n) is 5.81. The van der Waals surface area contributed by atoms with Gasteiger partial charge in [-0.1, -0.05) is 18.2 Å². The summed E-state index contributed by atoms with van der Waals surface area (Å²) < 4.78 is 3.69. The molecule has 0 spiro atoms. The number of fused-ring (bicyclic) bond motifs is 1. The van der Waals surface area contributed by atoms with Crippen LogP contribution in [0, 0.1) is 0 Å². The number of hydrogen-bond acceptors (Lipinski definition) is 3. The second-order valence-corrected chi connectivity index (χ2v) is 4.35. The largest absolute Gasteiger partial charge is 0.478 e. The van der Waals surface area contributed by atoms with E-state index < -0.39 is 5.97 Å². The molecule has 1 aromatic carbocycles. The first-order valence-corrected chi connectivity index (χ1v) is 5.81. The number of aryl methyl sites for hydroxylation is 1. The molecule has 0 aliphatic carbocycles. The normalized spacial score (nSPS) is 11.0. The van der Waals surface area contributed by atoms with Gasteiger partial charge in [0.25, 0.3) is 0 Å². The molecule has 6 nitrogen and oxygen atoms in total. The lowest BCUT2D eigenvalue weighted by molar-refractivity contribution is 0.0699. The van der Waals surface area contributed by atoms with E-state index in [0.29, 0.717) is 12.1 Å². The van der Waals surface area contributed by atoms with E-state index in [1.54, 1.807) is 12.5 Å². The number of nitrogens with zero attached hydrogens (tertiary/aromatic N) is 4. The fourth-order valence-electron chi connectivity index (χ4n) is 2.15. The van der Waals surface area contributed by atoms with Crippen molar-refractivity contribution in [3.63, 3.8) is 0 Å². The Morgan fingerprint density at radius 1 is 1.37 bits per heavy atom. The molecular formula is C13H12N4O2. The quantitative estimate of drug-likeness (QED) is 0.771. The number of aromatic carboxylic acids is 1. The lowest BCUT2D eigenvalue weighted by Crippen LogP contribution is -2.05. The topological polar surface area (TPSA) is 72.9 Å². The van der Waals surface area contributed by atoms with Crippen molar-refractivity contribution in [2.75, 3.05) is 0 Å². The van der Waals surface area contributed by atoms with Crippen molar-refractivity contribution in [1.29, 1.82) is 0 Å². The van der Waals surface area contributed by atoms with Crippen LogP contribution in [-0.2, 0) is 13.6 Å². The lowest BCUT2D eigenvalue weighted by Gasteiger charge is -2.04. The van der Waals surface area contributed by atoms with E-state index in [0.717, 1.165) is 16.7 Å². The van der Waals surface area contributed by atoms with Gasteiger partial charge in [-0.15, -0.1) is 10.2 Å². The maximum absolute atomic E-state index is 11.3. The summed E-state index contributed by atoms with van der Waals surface area (Å²) in [5.41, 5.74) is 1.18. The standard InChI is InChI=1S/C13H12N4O2/c1-16-8-14-15-12(16)7-17-6-10(13(18)19)9-4-2-3-5-11(9)17/h2-6,8H,7H2,1H3,(H,18,19). The molecule has 2 heterocycles. The van der Waals surface area contributed by atoms with Crippen molar-refractivity contribution >= 4 is 16.9 Å². The molecule has 0 atom stereocenters. The van der Waals surface area contributed by atoms with Crippen LogP contribution in [0.3, 0.4) is 0 Å². The van der Waals surface area contributed by atoms with E-state index in [-0.39, 0.29) is 0 Å². The molecule has 1 N–H and O–H groups in total. The molecule has 3 rings (SSSR count). The molecule has 0 saturated carbocycles. The zero-order chi connectivity index (χ0) is 13.4. The van der Waals surface area contributed by atoms with Gasteiger partial charge in [0.15, 0.2) is 5.82 Å². The Kier molecular flexibility index (Phi) is 2.56. The number of hydrogen-bond donors (Lipinski definition) is 1. The molecule has 0 amide bonds. The molecule has 2 aromatic heterocycles. The third-order valence-electron chi connectivity index (χ3n) is 3.14. The first kappa shape index (κ1) is 11.5. The minimum atomic E-state index is -0.923. The van der Waals surface area contributed by atoms with Crippen molar-refractivity contribution in [2.45, 2.75) is 6.54 Å². The predicted molar refractivity (Wildman–Crippen MR) is 69.0 cm³/mol. The predicted octanol–water partition coefficient (Wildman–Crippen LogP) is 1.52. The Morgan fingerprint density at radius 2 is 2.16 bits per heavy atom. The summed E-state index contributed by atoms with van der Waals surface area (Å²) in [5, 5.41) is 17.8. The van der Waals surface area contributed by atoms with Gasteiger partial charge in [-0.25, -0.2) is 4.79 Å². The molecule has 0 unspecified atom stereocenters. The van der Waals surface area contributed by atoms with Crippen LogP contribution in [0.2, 0.25) is 0 Å². The van der Waals surface area contributed by atoms with Gasteiger partial charge in [0.05, 0.1) is 12.1 Å². The van der Waals surface area contributed by atoms with Gasteiger partial charge >= 0.3 is 5.97 Å². The van der Waals surface area contributed by atoms with Crippen LogP contribution in [0.5, 0.6) is 0 Å². The fourth-order valence-corrected chi connectivity index (χ4v) is 2.15. The Hall–Kier alpha value is -2.63. The summed E-state index contributed by atoms with van der Waals surface area (Å²) in [7, 11) is 1.86. The second kappa shape index (κ2) is 4.24. The maximum atomic E-state index is 11.3. The molecular weight excluding hydrogens is 244 g/mol. The maximum Gasteiger partial charge on any atom is 0.337 e. The van der Waals surface area contributed by atoms with Gasteiger partial charge in [0.1, 0.15) is 6.33 Å². The molecule has 96 valence electrons. The van der Waals surface area contributed by atoms with Crippen LogP contribution in [0.4, 0.5) is 0 Å². The van der Waals surface area contributed by atoms with Crippen molar-refractivity contribution in [1.82, 2.24) is 19.3 Å². The Morgan fingerprint density at radius 3 is 2.84 bits per heavy atom. The number of benzene rings is 1. The summed E-state index contributed by atoms with van der Waals surface area (Å²) in [6.07, 6.45) is 3.26. The van der Waals surface area contributed by atoms with Crippen molar-refractivity contribution < 1.29 is 9.90 Å². The minimum absolute atomic E-state index is 0.303. The van der Waals surface area contributed by atoms with Gasteiger partial charge in [-0.2, -0.15) is 0 Å². The first-order chi connectivity index (χ1) is 9.16. The Bertz CT molecular complexity index is 757. The highest BCUT2D eigenvalue weighted by Crippen LogP contribution is 2.21. The summed E-state index contributed by atoms with van der Waals surface area (Å²) >= 11 is 0. The van der Waals surface area contributed by atoms with E-state index >= 15 is 0 Å². The van der Waals surface area contributed by atoms with Crippen LogP contribution < -0.4 is 0 Å². The summed E-state index contributed by atoms with van der Waals surface area (Å²) in [6.45, 7) is 0.490.